The first-order valence-electron chi connectivity index (χ1n) is 6.64. The van der Waals surface area contributed by atoms with Gasteiger partial charge in [0.25, 0.3) is 0 Å². The first kappa shape index (κ1) is 15.3. The number of carbonyl (C=O) groups is 1. The molecular formula is C14H20BrN3O2. The summed E-state index contributed by atoms with van der Waals surface area (Å²) in [6, 6.07) is 5.94. The minimum Gasteiger partial charge on any atom is -0.378 e. The van der Waals surface area contributed by atoms with Crippen molar-refractivity contribution < 1.29 is 9.53 Å². The van der Waals surface area contributed by atoms with E-state index in [1.165, 1.54) is 0 Å². The maximum Gasteiger partial charge on any atom is 0.226 e. The van der Waals surface area contributed by atoms with Crippen LogP contribution in [0.15, 0.2) is 22.7 Å². The second-order valence-electron chi connectivity index (χ2n) is 5.03. The fraction of sp³-hybridized carbons (Fsp3) is 0.500. The lowest BCUT2D eigenvalue weighted by Crippen LogP contribution is -2.43. The van der Waals surface area contributed by atoms with E-state index < -0.39 is 0 Å². The highest BCUT2D eigenvalue weighted by Crippen LogP contribution is 2.28. The summed E-state index contributed by atoms with van der Waals surface area (Å²) in [5, 5.41) is 6.25. The van der Waals surface area contributed by atoms with Crippen LogP contribution in [0, 0.1) is 0 Å². The van der Waals surface area contributed by atoms with Gasteiger partial charge in [0, 0.05) is 37.6 Å². The number of amides is 1. The standard InChI is InChI=1S/C14H20BrN3O2/c1-18(2)13-4-3-10(15)7-12(13)17-14(19)8-11-9-20-6-5-16-11/h3-4,7,11,16H,5-6,8-9H2,1-2H3,(H,17,19). The van der Waals surface area contributed by atoms with Crippen LogP contribution in [0.2, 0.25) is 0 Å². The lowest BCUT2D eigenvalue weighted by Gasteiger charge is -2.24. The lowest BCUT2D eigenvalue weighted by atomic mass is 10.2. The molecule has 0 radical (unpaired) electrons. The van der Waals surface area contributed by atoms with Crippen LogP contribution in [0.1, 0.15) is 6.42 Å². The topological polar surface area (TPSA) is 53.6 Å². The molecule has 5 nitrogen and oxygen atoms in total. The molecule has 2 rings (SSSR count). The van der Waals surface area contributed by atoms with E-state index in [4.69, 9.17) is 4.74 Å². The maximum absolute atomic E-state index is 12.1. The van der Waals surface area contributed by atoms with Crippen LogP contribution in [0.4, 0.5) is 11.4 Å². The van der Waals surface area contributed by atoms with Gasteiger partial charge >= 0.3 is 0 Å². The van der Waals surface area contributed by atoms with E-state index in [1.54, 1.807) is 0 Å². The summed E-state index contributed by atoms with van der Waals surface area (Å²) in [5.41, 5.74) is 1.79. The van der Waals surface area contributed by atoms with Gasteiger partial charge in [-0.15, -0.1) is 0 Å². The van der Waals surface area contributed by atoms with Gasteiger partial charge in [-0.3, -0.25) is 4.79 Å². The number of rotatable bonds is 4. The number of halogens is 1. The number of benzene rings is 1. The van der Waals surface area contributed by atoms with Crippen LogP contribution < -0.4 is 15.5 Å². The van der Waals surface area contributed by atoms with E-state index >= 15 is 0 Å². The Morgan fingerprint density at radius 2 is 2.35 bits per heavy atom. The van der Waals surface area contributed by atoms with Gasteiger partial charge in [-0.1, -0.05) is 15.9 Å². The molecule has 20 heavy (non-hydrogen) atoms. The SMILES string of the molecule is CN(C)c1ccc(Br)cc1NC(=O)CC1COCCN1. The number of hydrogen-bond donors (Lipinski definition) is 2. The van der Waals surface area contributed by atoms with Crippen LogP contribution in [0.5, 0.6) is 0 Å². The predicted molar refractivity (Wildman–Crippen MR) is 84.3 cm³/mol. The summed E-state index contributed by atoms with van der Waals surface area (Å²) in [6.07, 6.45) is 0.416. The minimum atomic E-state index is -0.00537. The minimum absolute atomic E-state index is 0.00537. The molecule has 1 atom stereocenters. The summed E-state index contributed by atoms with van der Waals surface area (Å²) in [6.45, 7) is 2.11. The monoisotopic (exact) mass is 341 g/mol. The zero-order chi connectivity index (χ0) is 14.5. The Morgan fingerprint density at radius 3 is 3.00 bits per heavy atom. The molecule has 1 aliphatic heterocycles. The van der Waals surface area contributed by atoms with Crippen molar-refractivity contribution in [2.45, 2.75) is 12.5 Å². The van der Waals surface area contributed by atoms with Crippen molar-refractivity contribution >= 4 is 33.2 Å². The van der Waals surface area contributed by atoms with Gasteiger partial charge in [0.05, 0.1) is 24.6 Å². The van der Waals surface area contributed by atoms with E-state index in [2.05, 4.69) is 26.6 Å². The Kier molecular flexibility index (Phi) is 5.39. The van der Waals surface area contributed by atoms with Crippen molar-refractivity contribution in [1.82, 2.24) is 5.32 Å². The number of carbonyl (C=O) groups excluding carboxylic acids is 1. The zero-order valence-electron chi connectivity index (χ0n) is 11.8. The van der Waals surface area contributed by atoms with Crippen LogP contribution in [0.3, 0.4) is 0 Å². The van der Waals surface area contributed by atoms with E-state index in [-0.39, 0.29) is 11.9 Å². The van der Waals surface area contributed by atoms with Crippen molar-refractivity contribution in [3.63, 3.8) is 0 Å². The number of morpholine rings is 1. The van der Waals surface area contributed by atoms with Crippen molar-refractivity contribution in [2.75, 3.05) is 44.1 Å². The molecule has 1 aromatic rings. The third-order valence-electron chi connectivity index (χ3n) is 3.14. The second-order valence-corrected chi connectivity index (χ2v) is 5.95. The molecule has 1 heterocycles. The third-order valence-corrected chi connectivity index (χ3v) is 3.64. The highest BCUT2D eigenvalue weighted by atomic mass is 79.9. The number of hydrogen-bond acceptors (Lipinski definition) is 4. The highest BCUT2D eigenvalue weighted by Gasteiger charge is 2.18. The average Bonchev–Trinajstić information content (AvgIpc) is 2.39. The molecule has 0 bridgehead atoms. The molecule has 110 valence electrons. The molecule has 0 aliphatic carbocycles. The number of ether oxygens (including phenoxy) is 1. The Hall–Kier alpha value is -1.11. The first-order chi connectivity index (χ1) is 9.56. The van der Waals surface area contributed by atoms with Gasteiger partial charge in [-0.2, -0.15) is 0 Å². The summed E-state index contributed by atoms with van der Waals surface area (Å²) < 4.78 is 6.30. The second kappa shape index (κ2) is 7.06. The fourth-order valence-electron chi connectivity index (χ4n) is 2.17. The van der Waals surface area contributed by atoms with E-state index in [0.29, 0.717) is 19.6 Å². The van der Waals surface area contributed by atoms with Gasteiger partial charge in [0.15, 0.2) is 0 Å². The van der Waals surface area contributed by atoms with Crippen LogP contribution in [-0.2, 0) is 9.53 Å². The van der Waals surface area contributed by atoms with Crippen molar-refractivity contribution in [3.05, 3.63) is 22.7 Å². The first-order valence-corrected chi connectivity index (χ1v) is 7.43. The quantitative estimate of drug-likeness (QED) is 0.877. The molecule has 6 heteroatoms. The molecule has 1 saturated heterocycles. The molecule has 1 fully saturated rings. The maximum atomic E-state index is 12.1. The normalized spacial score (nSPS) is 18.6. The van der Waals surface area contributed by atoms with E-state index in [1.807, 2.05) is 37.2 Å². The number of anilines is 2. The molecule has 0 saturated carbocycles. The van der Waals surface area contributed by atoms with Gasteiger partial charge < -0.3 is 20.3 Å². The Morgan fingerprint density at radius 1 is 1.55 bits per heavy atom. The summed E-state index contributed by atoms with van der Waals surface area (Å²) >= 11 is 3.43. The van der Waals surface area contributed by atoms with Crippen molar-refractivity contribution in [3.8, 4) is 0 Å². The Labute approximate surface area is 127 Å². The molecule has 1 unspecified atom stereocenters. The van der Waals surface area contributed by atoms with Crippen LogP contribution >= 0.6 is 15.9 Å². The van der Waals surface area contributed by atoms with Gasteiger partial charge in [-0.25, -0.2) is 0 Å². The summed E-state index contributed by atoms with van der Waals surface area (Å²) in [5.74, 6) is -0.00537. The molecular weight excluding hydrogens is 322 g/mol. The Bertz CT molecular complexity index is 473. The van der Waals surface area contributed by atoms with E-state index in [9.17, 15) is 4.79 Å². The van der Waals surface area contributed by atoms with Crippen LogP contribution in [-0.4, -0.2) is 45.8 Å². The number of nitrogens with one attached hydrogen (secondary N) is 2. The fourth-order valence-corrected chi connectivity index (χ4v) is 2.54. The molecule has 0 spiro atoms. The molecule has 1 aromatic carbocycles. The smallest absolute Gasteiger partial charge is 0.226 e. The van der Waals surface area contributed by atoms with Crippen molar-refractivity contribution in [1.29, 1.82) is 0 Å². The van der Waals surface area contributed by atoms with Gasteiger partial charge in [0.2, 0.25) is 5.91 Å². The molecule has 2 N–H and O–H groups in total. The van der Waals surface area contributed by atoms with Gasteiger partial charge in [-0.05, 0) is 18.2 Å². The largest absolute Gasteiger partial charge is 0.378 e. The Balaban J connectivity index is 2.01. The summed E-state index contributed by atoms with van der Waals surface area (Å²) in [4.78, 5) is 14.1. The molecule has 0 aromatic heterocycles. The molecule has 1 amide bonds. The molecule has 1 aliphatic rings. The van der Waals surface area contributed by atoms with E-state index in [0.717, 1.165) is 22.4 Å². The lowest BCUT2D eigenvalue weighted by molar-refractivity contribution is -0.117. The van der Waals surface area contributed by atoms with Crippen LogP contribution in [0.25, 0.3) is 0 Å². The predicted octanol–water partition coefficient (Wildman–Crippen LogP) is 1.83. The zero-order valence-corrected chi connectivity index (χ0v) is 13.4. The van der Waals surface area contributed by atoms with Gasteiger partial charge in [0.1, 0.15) is 0 Å². The summed E-state index contributed by atoms with van der Waals surface area (Å²) in [7, 11) is 3.91. The highest BCUT2D eigenvalue weighted by molar-refractivity contribution is 9.10. The third kappa shape index (κ3) is 4.19. The average molecular weight is 342 g/mol. The number of nitrogens with zero attached hydrogens (tertiary/aromatic N) is 1. The van der Waals surface area contributed by atoms with Crippen molar-refractivity contribution in [2.24, 2.45) is 0 Å².